The molecule has 0 saturated heterocycles. The van der Waals surface area contributed by atoms with E-state index >= 15 is 0 Å². The fraction of sp³-hybridized carbons (Fsp3) is 0.0476. The monoisotopic (exact) mass is 680 g/mol. The van der Waals surface area contributed by atoms with Crippen molar-refractivity contribution in [3.05, 3.63) is 212 Å². The number of aliphatic imine (C=N–C) groups is 4. The Bertz CT molecular complexity index is 2410. The maximum absolute atomic E-state index is 12.8. The molecule has 2 aliphatic heterocycles. The molecule has 1 atom stereocenters. The summed E-state index contributed by atoms with van der Waals surface area (Å²) in [5.74, 6) is 0. The van der Waals surface area contributed by atoms with Gasteiger partial charge in [0.05, 0.1) is 44.3 Å². The summed E-state index contributed by atoms with van der Waals surface area (Å²) in [4.78, 5) is 45.6. The summed E-state index contributed by atoms with van der Waals surface area (Å²) in [7, 11) is 0. The molecule has 0 aliphatic carbocycles. The fourth-order valence-electron chi connectivity index (χ4n) is 6.84. The predicted molar refractivity (Wildman–Crippen MR) is 202 cm³/mol. The topological polar surface area (TPSA) is 136 Å². The van der Waals surface area contributed by atoms with Crippen molar-refractivity contribution in [2.45, 2.75) is 11.3 Å². The number of nitrogens with zero attached hydrogens (tertiary/aromatic N) is 6. The van der Waals surface area contributed by atoms with Gasteiger partial charge in [0, 0.05) is 28.8 Å². The van der Waals surface area contributed by atoms with Gasteiger partial charge >= 0.3 is 0 Å². The fourth-order valence-corrected chi connectivity index (χ4v) is 6.84. The molecule has 0 radical (unpaired) electrons. The molecule has 1 unspecified atom stereocenters. The van der Waals surface area contributed by atoms with Crippen LogP contribution >= 0.6 is 0 Å². The second-order valence-corrected chi connectivity index (χ2v) is 12.2. The molecule has 0 aromatic heterocycles. The van der Waals surface area contributed by atoms with E-state index in [9.17, 15) is 20.2 Å². The van der Waals surface area contributed by atoms with Gasteiger partial charge in [-0.25, -0.2) is 15.0 Å². The normalized spacial score (nSPS) is 17.3. The van der Waals surface area contributed by atoms with Crippen LogP contribution in [-0.2, 0) is 11.3 Å². The molecule has 10 nitrogen and oxygen atoms in total. The molecule has 0 saturated carbocycles. The van der Waals surface area contributed by atoms with Crippen molar-refractivity contribution >= 4 is 34.7 Å². The first-order valence-electron chi connectivity index (χ1n) is 16.5. The van der Waals surface area contributed by atoms with E-state index in [1.54, 1.807) is 42.6 Å². The second kappa shape index (κ2) is 12.9. The minimum atomic E-state index is -2.01. The largest absolute Gasteiger partial charge is 0.277 e. The quantitative estimate of drug-likeness (QED) is 0.111. The predicted octanol–water partition coefficient (Wildman–Crippen LogP) is 8.74. The summed E-state index contributed by atoms with van der Waals surface area (Å²) in [6, 6.07) is 48.8. The van der Waals surface area contributed by atoms with E-state index in [0.29, 0.717) is 33.8 Å². The molecule has 8 rings (SSSR count). The summed E-state index contributed by atoms with van der Waals surface area (Å²) in [6.07, 6.45) is 1.55. The summed E-state index contributed by atoms with van der Waals surface area (Å²) in [5.41, 5.74) is 1.02. The Balaban J connectivity index is 1.46. The van der Waals surface area contributed by atoms with Crippen LogP contribution in [0.1, 0.15) is 27.8 Å². The zero-order valence-electron chi connectivity index (χ0n) is 27.5. The molecule has 250 valence electrons. The van der Waals surface area contributed by atoms with Gasteiger partial charge in [0.2, 0.25) is 11.3 Å². The van der Waals surface area contributed by atoms with Crippen molar-refractivity contribution in [3.63, 3.8) is 0 Å². The van der Waals surface area contributed by atoms with Crippen molar-refractivity contribution in [1.29, 1.82) is 0 Å². The van der Waals surface area contributed by atoms with E-state index in [-0.39, 0.29) is 22.5 Å². The lowest BCUT2D eigenvalue weighted by Crippen LogP contribution is -2.43. The highest BCUT2D eigenvalue weighted by Crippen LogP contribution is 2.56. The van der Waals surface area contributed by atoms with Crippen molar-refractivity contribution < 1.29 is 9.85 Å². The molecule has 6 aromatic rings. The smallest absolute Gasteiger partial charge is 0.258 e. The van der Waals surface area contributed by atoms with Crippen LogP contribution in [0.4, 0.5) is 11.4 Å². The summed E-state index contributed by atoms with van der Waals surface area (Å²) >= 11 is 0. The molecule has 10 heteroatoms. The number of benzene rings is 6. The Kier molecular flexibility index (Phi) is 7.96. The van der Waals surface area contributed by atoms with Crippen LogP contribution in [0.25, 0.3) is 11.1 Å². The van der Waals surface area contributed by atoms with Crippen molar-refractivity contribution in [2.75, 3.05) is 0 Å². The molecule has 0 spiro atoms. The molecule has 0 N–H and O–H groups in total. The van der Waals surface area contributed by atoms with Crippen LogP contribution in [0.3, 0.4) is 0 Å². The van der Waals surface area contributed by atoms with E-state index in [0.717, 1.165) is 11.1 Å². The lowest BCUT2D eigenvalue weighted by molar-refractivity contribution is -0.387. The SMILES string of the molecule is O=[N+]([O-])c1ccccc1C1(C2(c3ccccc3[N+](=O)[O-])N=C(c3ccccc3)C(c3ccccc3)=N2)N=CC(c2ccc(-c3ccccc3)cc2)=N1. The number of hydrogen-bond acceptors (Lipinski definition) is 8. The minimum Gasteiger partial charge on any atom is -0.258 e. The van der Waals surface area contributed by atoms with Gasteiger partial charge in [0.15, 0.2) is 0 Å². The van der Waals surface area contributed by atoms with Crippen LogP contribution < -0.4 is 0 Å². The summed E-state index contributed by atoms with van der Waals surface area (Å²) in [6.45, 7) is 0. The van der Waals surface area contributed by atoms with Gasteiger partial charge in [0.1, 0.15) is 0 Å². The molecule has 0 bridgehead atoms. The van der Waals surface area contributed by atoms with Gasteiger partial charge in [-0.15, -0.1) is 0 Å². The van der Waals surface area contributed by atoms with Crippen molar-refractivity contribution in [3.8, 4) is 11.1 Å². The maximum atomic E-state index is 12.8. The molecular weight excluding hydrogens is 652 g/mol. The lowest BCUT2D eigenvalue weighted by atomic mass is 9.80. The zero-order chi connectivity index (χ0) is 35.7. The highest BCUT2D eigenvalue weighted by molar-refractivity contribution is 6.54. The highest BCUT2D eigenvalue weighted by atomic mass is 16.6. The Hall–Kier alpha value is -7.20. The average Bonchev–Trinajstić information content (AvgIpc) is 3.84. The third-order valence-electron chi connectivity index (χ3n) is 9.25. The first kappa shape index (κ1) is 32.0. The van der Waals surface area contributed by atoms with Crippen LogP contribution in [0.5, 0.6) is 0 Å². The first-order chi connectivity index (χ1) is 25.4. The van der Waals surface area contributed by atoms with Gasteiger partial charge in [-0.05, 0) is 23.3 Å². The van der Waals surface area contributed by atoms with Crippen LogP contribution in [0.15, 0.2) is 184 Å². The van der Waals surface area contributed by atoms with Gasteiger partial charge in [-0.3, -0.25) is 25.2 Å². The van der Waals surface area contributed by atoms with Gasteiger partial charge in [0.25, 0.3) is 11.4 Å². The lowest BCUT2D eigenvalue weighted by Gasteiger charge is -2.37. The number of para-hydroxylation sites is 2. The number of nitro groups is 2. The van der Waals surface area contributed by atoms with Crippen molar-refractivity contribution in [1.82, 2.24) is 0 Å². The van der Waals surface area contributed by atoms with E-state index in [1.165, 1.54) is 12.1 Å². The first-order valence-corrected chi connectivity index (χ1v) is 16.5. The minimum absolute atomic E-state index is 0.0825. The third-order valence-corrected chi connectivity index (χ3v) is 9.25. The summed E-state index contributed by atoms with van der Waals surface area (Å²) < 4.78 is 0. The van der Waals surface area contributed by atoms with Gasteiger partial charge < -0.3 is 0 Å². The Labute approximate surface area is 298 Å². The highest BCUT2D eigenvalue weighted by Gasteiger charge is 2.63. The maximum Gasteiger partial charge on any atom is 0.277 e. The summed E-state index contributed by atoms with van der Waals surface area (Å²) in [5, 5.41) is 25.6. The van der Waals surface area contributed by atoms with E-state index < -0.39 is 21.2 Å². The molecule has 2 aliphatic rings. The molecular formula is C42H28N6O4. The second-order valence-electron chi connectivity index (χ2n) is 12.2. The van der Waals surface area contributed by atoms with Gasteiger partial charge in [-0.1, -0.05) is 140 Å². The average molecular weight is 681 g/mol. The molecule has 2 heterocycles. The van der Waals surface area contributed by atoms with E-state index in [2.05, 4.69) is 0 Å². The molecule has 6 aromatic carbocycles. The van der Waals surface area contributed by atoms with E-state index in [1.807, 2.05) is 115 Å². The Morgan fingerprint density at radius 1 is 0.404 bits per heavy atom. The standard InChI is InChI=1S/C42H28N6O4/c49-47(50)37-22-12-10-20-34(37)41(43-28-36(44-41)31-26-24-30(25-27-31)29-14-4-1-5-15-29)42(35-21-11-13-23-38(35)48(51)52)45-39(32-16-6-2-7-17-32)40(46-42)33-18-8-3-9-19-33/h1-28H. The molecule has 0 amide bonds. The number of rotatable bonds is 9. The molecule has 52 heavy (non-hydrogen) atoms. The van der Waals surface area contributed by atoms with Crippen LogP contribution in [0.2, 0.25) is 0 Å². The number of hydrogen-bond donors (Lipinski definition) is 0. The Morgan fingerprint density at radius 3 is 1.27 bits per heavy atom. The van der Waals surface area contributed by atoms with Crippen molar-refractivity contribution in [2.24, 2.45) is 20.0 Å². The van der Waals surface area contributed by atoms with E-state index in [4.69, 9.17) is 20.0 Å². The zero-order valence-corrected chi connectivity index (χ0v) is 27.5. The third kappa shape index (κ3) is 5.30. The van der Waals surface area contributed by atoms with Gasteiger partial charge in [-0.2, -0.15) is 0 Å². The Morgan fingerprint density at radius 2 is 0.788 bits per heavy atom. The molecule has 0 fully saturated rings. The van der Waals surface area contributed by atoms with Crippen LogP contribution in [0, 0.1) is 20.2 Å². The van der Waals surface area contributed by atoms with Crippen LogP contribution in [-0.4, -0.2) is 33.2 Å². The number of nitro benzene ring substituents is 2.